The van der Waals surface area contributed by atoms with Crippen LogP contribution >= 0.6 is 0 Å². The fourth-order valence-corrected chi connectivity index (χ4v) is 9.40. The van der Waals surface area contributed by atoms with Crippen LogP contribution in [-0.2, 0) is 9.22 Å². The topological polar surface area (TPSA) is 51.2 Å². The van der Waals surface area contributed by atoms with E-state index < -0.39 is 14.4 Å². The van der Waals surface area contributed by atoms with E-state index in [1.165, 1.54) is 0 Å². The number of β-lactam (4-membered cyclic amide) rings is 1. The summed E-state index contributed by atoms with van der Waals surface area (Å²) in [6.45, 7) is 13.4. The van der Waals surface area contributed by atoms with Gasteiger partial charge in [-0.15, -0.1) is 0 Å². The minimum Gasteiger partial charge on any atom is -0.402 e. The van der Waals surface area contributed by atoms with E-state index in [9.17, 15) is 4.79 Å². The Balaban J connectivity index is 2.27. The highest BCUT2D eigenvalue weighted by atomic mass is 28.4. The molecule has 1 fully saturated rings. The van der Waals surface area contributed by atoms with E-state index in [0.29, 0.717) is 16.6 Å². The third-order valence-corrected chi connectivity index (χ3v) is 11.0. The van der Waals surface area contributed by atoms with Gasteiger partial charge in [-0.1, -0.05) is 47.6 Å². The molecule has 2 rings (SSSR count). The second-order valence-corrected chi connectivity index (χ2v) is 12.5. The second-order valence-electron chi connectivity index (χ2n) is 7.10. The summed E-state index contributed by atoms with van der Waals surface area (Å²) in [4.78, 5) is 16.5. The van der Waals surface area contributed by atoms with E-state index in [4.69, 9.17) is 4.43 Å². The average Bonchev–Trinajstić information content (AvgIpc) is 2.45. The maximum absolute atomic E-state index is 12.1. The molecule has 0 aromatic carbocycles. The molecule has 1 aromatic rings. The summed E-state index contributed by atoms with van der Waals surface area (Å²) in [7, 11) is -2.07. The largest absolute Gasteiger partial charge is 0.402 e. The van der Waals surface area contributed by atoms with Gasteiger partial charge in [0.2, 0.25) is 8.32 Å². The maximum Gasteiger partial charge on any atom is 0.251 e. The molecule has 5 heteroatoms. The molecule has 1 aliphatic heterocycles. The number of carbonyl (C=O) groups is 1. The lowest BCUT2D eigenvalue weighted by Crippen LogP contribution is -2.63. The number of hydrogen-bond acceptors (Lipinski definition) is 3. The lowest BCUT2D eigenvalue weighted by molar-refractivity contribution is -0.141. The third-order valence-electron chi connectivity index (χ3n) is 4.90. The number of hydrogen-bond donors (Lipinski definition) is 1. The van der Waals surface area contributed by atoms with Crippen molar-refractivity contribution < 1.29 is 9.22 Å². The van der Waals surface area contributed by atoms with Crippen molar-refractivity contribution in [3.8, 4) is 0 Å². The number of carbonyl (C=O) groups excluding carboxylic acids is 1. The normalized spacial score (nSPS) is 22.1. The Hall–Kier alpha value is -1.20. The van der Waals surface area contributed by atoms with Gasteiger partial charge in [0.05, 0.1) is 5.69 Å². The van der Waals surface area contributed by atoms with Crippen LogP contribution in [0.5, 0.6) is 0 Å². The summed E-state index contributed by atoms with van der Waals surface area (Å²) in [6, 6.07) is 5.66. The standard InChI is InChI=1S/C17H28N2O2Si/c1-11(2)22(12(3)4,13(5)6)21-16-15(19-17(16)20)14-9-7-8-10-18-14/h7-13,15-16H,1-6H3,(H,19,20)/t15-,16+/m0/s1. The van der Waals surface area contributed by atoms with Crippen LogP contribution in [-0.4, -0.2) is 25.3 Å². The predicted molar refractivity (Wildman–Crippen MR) is 91.0 cm³/mol. The Kier molecular flexibility index (Phi) is 5.07. The molecule has 1 amide bonds. The van der Waals surface area contributed by atoms with Crippen LogP contribution in [0.4, 0.5) is 0 Å². The van der Waals surface area contributed by atoms with Gasteiger partial charge in [0.25, 0.3) is 5.91 Å². The van der Waals surface area contributed by atoms with Gasteiger partial charge in [0.15, 0.2) is 6.10 Å². The molecule has 1 saturated heterocycles. The van der Waals surface area contributed by atoms with Gasteiger partial charge in [-0.2, -0.15) is 0 Å². The van der Waals surface area contributed by atoms with E-state index in [-0.39, 0.29) is 11.9 Å². The summed E-state index contributed by atoms with van der Waals surface area (Å²) in [5.41, 5.74) is 2.27. The Morgan fingerprint density at radius 3 is 2.09 bits per heavy atom. The SMILES string of the molecule is CC(C)[Si](O[C@H]1C(=O)N[C@H]1c1ccccn1)(C(C)C)C(C)C. The van der Waals surface area contributed by atoms with Gasteiger partial charge in [-0.3, -0.25) is 9.78 Å². The van der Waals surface area contributed by atoms with Crippen molar-refractivity contribution in [2.24, 2.45) is 0 Å². The van der Waals surface area contributed by atoms with Crippen LogP contribution in [0.15, 0.2) is 24.4 Å². The fourth-order valence-electron chi connectivity index (χ4n) is 3.90. The molecule has 122 valence electrons. The van der Waals surface area contributed by atoms with Gasteiger partial charge in [-0.25, -0.2) is 0 Å². The van der Waals surface area contributed by atoms with Crippen LogP contribution < -0.4 is 5.32 Å². The molecule has 0 saturated carbocycles. The van der Waals surface area contributed by atoms with Crippen LogP contribution in [0.2, 0.25) is 16.6 Å². The summed E-state index contributed by atoms with van der Waals surface area (Å²) in [5.74, 6) is -0.00511. The van der Waals surface area contributed by atoms with Crippen molar-refractivity contribution in [3.63, 3.8) is 0 Å². The lowest BCUT2D eigenvalue weighted by Gasteiger charge is -2.48. The molecule has 0 aliphatic carbocycles. The summed E-state index contributed by atoms with van der Waals surface area (Å²) < 4.78 is 6.62. The number of amides is 1. The second kappa shape index (κ2) is 6.50. The molecule has 22 heavy (non-hydrogen) atoms. The first-order valence-corrected chi connectivity index (χ1v) is 10.3. The molecule has 1 aromatic heterocycles. The Bertz CT molecular complexity index is 495. The van der Waals surface area contributed by atoms with Crippen molar-refractivity contribution in [1.82, 2.24) is 10.3 Å². The summed E-state index contributed by atoms with van der Waals surface area (Å²) in [6.07, 6.45) is 1.36. The van der Waals surface area contributed by atoms with E-state index >= 15 is 0 Å². The zero-order valence-corrected chi connectivity index (χ0v) is 15.5. The van der Waals surface area contributed by atoms with Crippen LogP contribution in [0.3, 0.4) is 0 Å². The minimum atomic E-state index is -2.07. The van der Waals surface area contributed by atoms with Gasteiger partial charge < -0.3 is 9.74 Å². The molecule has 2 atom stereocenters. The third kappa shape index (κ3) is 2.84. The van der Waals surface area contributed by atoms with Gasteiger partial charge in [-0.05, 0) is 28.8 Å². The summed E-state index contributed by atoms with van der Waals surface area (Å²) in [5, 5.41) is 2.94. The van der Waals surface area contributed by atoms with Crippen molar-refractivity contribution in [2.45, 2.75) is 70.3 Å². The number of nitrogens with zero attached hydrogens (tertiary/aromatic N) is 1. The first-order valence-electron chi connectivity index (χ1n) is 8.19. The van der Waals surface area contributed by atoms with Crippen molar-refractivity contribution in [2.75, 3.05) is 0 Å². The minimum absolute atomic E-state index is 0.00511. The van der Waals surface area contributed by atoms with Crippen LogP contribution in [0.25, 0.3) is 0 Å². The molecule has 4 nitrogen and oxygen atoms in total. The lowest BCUT2D eigenvalue weighted by atomic mass is 9.98. The van der Waals surface area contributed by atoms with Crippen LogP contribution in [0.1, 0.15) is 53.3 Å². The van der Waals surface area contributed by atoms with E-state index in [1.807, 2.05) is 18.2 Å². The quantitative estimate of drug-likeness (QED) is 0.640. The van der Waals surface area contributed by atoms with Crippen LogP contribution in [0, 0.1) is 0 Å². The number of aromatic nitrogens is 1. The molecule has 0 bridgehead atoms. The molecule has 1 N–H and O–H groups in total. The molecule has 0 radical (unpaired) electrons. The molecule has 1 aliphatic rings. The van der Waals surface area contributed by atoms with Gasteiger partial charge >= 0.3 is 0 Å². The highest BCUT2D eigenvalue weighted by Crippen LogP contribution is 2.45. The van der Waals surface area contributed by atoms with E-state index in [1.54, 1.807) is 6.20 Å². The van der Waals surface area contributed by atoms with Gasteiger partial charge in [0.1, 0.15) is 6.04 Å². The number of nitrogens with one attached hydrogen (secondary N) is 1. The Morgan fingerprint density at radius 1 is 1.09 bits per heavy atom. The number of rotatable bonds is 6. The highest BCUT2D eigenvalue weighted by molar-refractivity contribution is 6.77. The molecule has 0 unspecified atom stereocenters. The Morgan fingerprint density at radius 2 is 1.68 bits per heavy atom. The van der Waals surface area contributed by atoms with E-state index in [0.717, 1.165) is 5.69 Å². The fraction of sp³-hybridized carbons (Fsp3) is 0.647. The predicted octanol–water partition coefficient (Wildman–Crippen LogP) is 3.81. The number of pyridine rings is 1. The van der Waals surface area contributed by atoms with Crippen molar-refractivity contribution >= 4 is 14.2 Å². The van der Waals surface area contributed by atoms with Crippen molar-refractivity contribution in [3.05, 3.63) is 30.1 Å². The maximum atomic E-state index is 12.1. The molecule has 2 heterocycles. The molecular formula is C17H28N2O2Si. The average molecular weight is 321 g/mol. The highest BCUT2D eigenvalue weighted by Gasteiger charge is 2.52. The zero-order valence-electron chi connectivity index (χ0n) is 14.5. The van der Waals surface area contributed by atoms with Crippen molar-refractivity contribution in [1.29, 1.82) is 0 Å². The molecular weight excluding hydrogens is 292 g/mol. The zero-order chi connectivity index (χ0) is 16.5. The first-order chi connectivity index (χ1) is 10.3. The Labute approximate surface area is 134 Å². The summed E-state index contributed by atoms with van der Waals surface area (Å²) >= 11 is 0. The van der Waals surface area contributed by atoms with Gasteiger partial charge in [0, 0.05) is 6.20 Å². The monoisotopic (exact) mass is 320 g/mol. The smallest absolute Gasteiger partial charge is 0.251 e. The van der Waals surface area contributed by atoms with E-state index in [2.05, 4.69) is 51.8 Å². The molecule has 0 spiro atoms. The first kappa shape index (κ1) is 17.2.